The summed E-state index contributed by atoms with van der Waals surface area (Å²) in [5, 5.41) is 0. The Morgan fingerprint density at radius 3 is 2.75 bits per heavy atom. The molecule has 3 heteroatoms. The Kier molecular flexibility index (Phi) is 2.35. The van der Waals surface area contributed by atoms with Gasteiger partial charge in [-0.1, -0.05) is 12.8 Å². The van der Waals surface area contributed by atoms with Gasteiger partial charge in [0.25, 0.3) is 0 Å². The first-order valence-electron chi connectivity index (χ1n) is 4.73. The van der Waals surface area contributed by atoms with Crippen LogP contribution in [0.1, 0.15) is 25.7 Å². The summed E-state index contributed by atoms with van der Waals surface area (Å²) >= 11 is 0. The van der Waals surface area contributed by atoms with E-state index in [9.17, 15) is 0 Å². The Hall–Kier alpha value is -0.120. The summed E-state index contributed by atoms with van der Waals surface area (Å²) in [6.07, 6.45) is 5.44. The van der Waals surface area contributed by atoms with Gasteiger partial charge in [0.15, 0.2) is 0 Å². The molecule has 2 aliphatic rings. The zero-order valence-electron chi connectivity index (χ0n) is 7.82. The predicted octanol–water partition coefficient (Wildman–Crippen LogP) is 1.19. The monoisotopic (exact) mass is 171 g/mol. The van der Waals surface area contributed by atoms with E-state index >= 15 is 0 Å². The highest BCUT2D eigenvalue weighted by atomic mass is 16.7. The lowest BCUT2D eigenvalue weighted by Crippen LogP contribution is -2.37. The summed E-state index contributed by atoms with van der Waals surface area (Å²) in [4.78, 5) is 2.21. The fraction of sp³-hybridized carbons (Fsp3) is 1.00. The molecule has 0 spiro atoms. The maximum absolute atomic E-state index is 5.73. The summed E-state index contributed by atoms with van der Waals surface area (Å²) < 4.78 is 10.9. The third-order valence-corrected chi connectivity index (χ3v) is 3.02. The summed E-state index contributed by atoms with van der Waals surface area (Å²) in [5.41, 5.74) is 0. The quantitative estimate of drug-likeness (QED) is 0.591. The lowest BCUT2D eigenvalue weighted by molar-refractivity contribution is -0.165. The summed E-state index contributed by atoms with van der Waals surface area (Å²) in [5.74, 6) is 0. The van der Waals surface area contributed by atoms with Crippen LogP contribution in [0, 0.1) is 0 Å². The summed E-state index contributed by atoms with van der Waals surface area (Å²) in [6.45, 7) is 0. The van der Waals surface area contributed by atoms with Gasteiger partial charge in [-0.3, -0.25) is 4.90 Å². The maximum atomic E-state index is 5.73. The molecule has 0 N–H and O–H groups in total. The van der Waals surface area contributed by atoms with Gasteiger partial charge in [0.2, 0.25) is 6.41 Å². The average Bonchev–Trinajstić information content (AvgIpc) is 2.44. The van der Waals surface area contributed by atoms with E-state index in [1.807, 2.05) is 0 Å². The van der Waals surface area contributed by atoms with Gasteiger partial charge in [0, 0.05) is 13.2 Å². The molecule has 1 saturated heterocycles. The van der Waals surface area contributed by atoms with E-state index in [1.165, 1.54) is 25.7 Å². The third kappa shape index (κ3) is 1.26. The second kappa shape index (κ2) is 3.32. The number of hydrogen-bond donors (Lipinski definition) is 0. The van der Waals surface area contributed by atoms with Crippen LogP contribution in [0.2, 0.25) is 0 Å². The molecule has 3 atom stereocenters. The van der Waals surface area contributed by atoms with Gasteiger partial charge in [-0.25, -0.2) is 0 Å². The van der Waals surface area contributed by atoms with Crippen LogP contribution in [0.15, 0.2) is 0 Å². The van der Waals surface area contributed by atoms with Crippen molar-refractivity contribution in [2.45, 2.75) is 44.2 Å². The van der Waals surface area contributed by atoms with Gasteiger partial charge in [-0.05, 0) is 19.9 Å². The summed E-state index contributed by atoms with van der Waals surface area (Å²) in [6, 6.07) is 0.601. The molecule has 0 radical (unpaired) electrons. The van der Waals surface area contributed by atoms with Crippen molar-refractivity contribution in [1.29, 1.82) is 0 Å². The molecule has 3 nitrogen and oxygen atoms in total. The van der Waals surface area contributed by atoms with Crippen LogP contribution >= 0.6 is 0 Å². The molecule has 0 bridgehead atoms. The van der Waals surface area contributed by atoms with Crippen LogP contribution in [0.25, 0.3) is 0 Å². The number of hydrogen-bond acceptors (Lipinski definition) is 3. The molecule has 0 aromatic heterocycles. The zero-order valence-corrected chi connectivity index (χ0v) is 7.82. The first kappa shape index (κ1) is 8.48. The SMILES string of the molecule is COC1OC2CCCCC2N1C. The molecule has 1 aliphatic carbocycles. The van der Waals surface area contributed by atoms with Crippen molar-refractivity contribution in [2.24, 2.45) is 0 Å². The molecule has 12 heavy (non-hydrogen) atoms. The van der Waals surface area contributed by atoms with Gasteiger partial charge in [0.05, 0.1) is 6.10 Å². The highest BCUT2D eigenvalue weighted by molar-refractivity contribution is 4.87. The predicted molar refractivity (Wildman–Crippen MR) is 45.7 cm³/mol. The normalized spacial score (nSPS) is 43.0. The largest absolute Gasteiger partial charge is 0.343 e. The van der Waals surface area contributed by atoms with Crippen LogP contribution in [0.5, 0.6) is 0 Å². The number of likely N-dealkylation sites (N-methyl/N-ethyl adjacent to an activating group) is 1. The van der Waals surface area contributed by atoms with E-state index in [1.54, 1.807) is 7.11 Å². The van der Waals surface area contributed by atoms with Gasteiger partial charge in [-0.15, -0.1) is 0 Å². The number of fused-ring (bicyclic) bond motifs is 1. The molecule has 2 fully saturated rings. The number of rotatable bonds is 1. The fourth-order valence-corrected chi connectivity index (χ4v) is 2.33. The highest BCUT2D eigenvalue weighted by Crippen LogP contribution is 2.32. The van der Waals surface area contributed by atoms with Gasteiger partial charge < -0.3 is 9.47 Å². The molecule has 0 aromatic rings. The Labute approximate surface area is 73.6 Å². The van der Waals surface area contributed by atoms with Crippen LogP contribution in [0.4, 0.5) is 0 Å². The molecule has 0 amide bonds. The van der Waals surface area contributed by atoms with Crippen LogP contribution < -0.4 is 0 Å². The van der Waals surface area contributed by atoms with E-state index in [0.717, 1.165) is 0 Å². The van der Waals surface area contributed by atoms with Crippen molar-refractivity contribution in [1.82, 2.24) is 4.90 Å². The van der Waals surface area contributed by atoms with E-state index < -0.39 is 0 Å². The lowest BCUT2D eigenvalue weighted by atomic mass is 9.93. The minimum atomic E-state index is -0.0990. The second-order valence-electron chi connectivity index (χ2n) is 3.73. The van der Waals surface area contributed by atoms with Crippen LogP contribution in [-0.2, 0) is 9.47 Å². The van der Waals surface area contributed by atoms with Crippen molar-refractivity contribution < 1.29 is 9.47 Å². The molecule has 3 unspecified atom stereocenters. The third-order valence-electron chi connectivity index (χ3n) is 3.02. The molecule has 0 aromatic carbocycles. The number of ether oxygens (including phenoxy) is 2. The van der Waals surface area contributed by atoms with E-state index in [4.69, 9.17) is 9.47 Å². The van der Waals surface area contributed by atoms with E-state index in [0.29, 0.717) is 12.1 Å². The molecule has 1 heterocycles. The molecular weight excluding hydrogens is 154 g/mol. The lowest BCUT2D eigenvalue weighted by Gasteiger charge is -2.26. The first-order chi connectivity index (χ1) is 5.83. The Morgan fingerprint density at radius 2 is 2.08 bits per heavy atom. The Bertz CT molecular complexity index is 161. The highest BCUT2D eigenvalue weighted by Gasteiger charge is 2.40. The van der Waals surface area contributed by atoms with Crippen LogP contribution in [-0.4, -0.2) is 37.6 Å². The molecule has 2 rings (SSSR count). The molecule has 1 aliphatic heterocycles. The van der Waals surface area contributed by atoms with Gasteiger partial charge >= 0.3 is 0 Å². The van der Waals surface area contributed by atoms with Crippen molar-refractivity contribution in [3.8, 4) is 0 Å². The zero-order chi connectivity index (χ0) is 8.55. The summed E-state index contributed by atoms with van der Waals surface area (Å²) in [7, 11) is 3.79. The standard InChI is InChI=1S/C9H17NO2/c1-10-7-5-3-4-6-8(7)12-9(10)11-2/h7-9H,3-6H2,1-2H3. The Morgan fingerprint density at radius 1 is 1.33 bits per heavy atom. The van der Waals surface area contributed by atoms with Crippen molar-refractivity contribution in [2.75, 3.05) is 14.2 Å². The average molecular weight is 171 g/mol. The van der Waals surface area contributed by atoms with Crippen LogP contribution in [0.3, 0.4) is 0 Å². The number of methoxy groups -OCH3 is 1. The van der Waals surface area contributed by atoms with E-state index in [-0.39, 0.29) is 6.41 Å². The first-order valence-corrected chi connectivity index (χ1v) is 4.73. The topological polar surface area (TPSA) is 21.7 Å². The Balaban J connectivity index is 2.03. The number of nitrogens with zero attached hydrogens (tertiary/aromatic N) is 1. The minimum absolute atomic E-state index is 0.0990. The molecule has 1 saturated carbocycles. The van der Waals surface area contributed by atoms with E-state index in [2.05, 4.69) is 11.9 Å². The second-order valence-corrected chi connectivity index (χ2v) is 3.73. The minimum Gasteiger partial charge on any atom is -0.343 e. The van der Waals surface area contributed by atoms with Crippen molar-refractivity contribution >= 4 is 0 Å². The van der Waals surface area contributed by atoms with Gasteiger partial charge in [0.1, 0.15) is 0 Å². The maximum Gasteiger partial charge on any atom is 0.218 e. The van der Waals surface area contributed by atoms with Crippen molar-refractivity contribution in [3.63, 3.8) is 0 Å². The fourth-order valence-electron chi connectivity index (χ4n) is 2.33. The smallest absolute Gasteiger partial charge is 0.218 e. The molecule has 70 valence electrons. The molecular formula is C9H17NO2. The van der Waals surface area contributed by atoms with Gasteiger partial charge in [-0.2, -0.15) is 0 Å². The van der Waals surface area contributed by atoms with Crippen molar-refractivity contribution in [3.05, 3.63) is 0 Å².